The molecule has 35 heavy (non-hydrogen) atoms. The molecule has 1 aliphatic carbocycles. The third-order valence-corrected chi connectivity index (χ3v) is 8.34. The summed E-state index contributed by atoms with van der Waals surface area (Å²) in [6.07, 6.45) is 5.87. The molecule has 7 nitrogen and oxygen atoms in total. The van der Waals surface area contributed by atoms with E-state index < -0.39 is 15.8 Å². The van der Waals surface area contributed by atoms with E-state index in [1.54, 1.807) is 17.7 Å². The van der Waals surface area contributed by atoms with Gasteiger partial charge in [0.15, 0.2) is 16.6 Å². The fourth-order valence-corrected chi connectivity index (χ4v) is 6.08. The average Bonchev–Trinajstić information content (AvgIpc) is 3.39. The molecular weight excluding hydrogens is 467 g/mol. The van der Waals surface area contributed by atoms with E-state index in [1.165, 1.54) is 24.5 Å². The fraction of sp³-hybridized carbons (Fsp3) is 0.423. The van der Waals surface area contributed by atoms with E-state index in [4.69, 9.17) is 4.74 Å². The van der Waals surface area contributed by atoms with Crippen LogP contribution in [0.15, 0.2) is 60.0 Å². The molecule has 0 spiro atoms. The van der Waals surface area contributed by atoms with Crippen LogP contribution >= 0.6 is 0 Å². The molecule has 2 unspecified atom stereocenters. The van der Waals surface area contributed by atoms with Crippen LogP contribution in [0.5, 0.6) is 5.75 Å². The van der Waals surface area contributed by atoms with Gasteiger partial charge in [-0.3, -0.25) is 0 Å². The van der Waals surface area contributed by atoms with Crippen molar-refractivity contribution in [3.05, 3.63) is 77.5 Å². The van der Waals surface area contributed by atoms with Gasteiger partial charge in [-0.25, -0.2) is 22.5 Å². The van der Waals surface area contributed by atoms with Crippen LogP contribution in [-0.4, -0.2) is 55.7 Å². The van der Waals surface area contributed by atoms with Gasteiger partial charge in [-0.1, -0.05) is 30.3 Å². The van der Waals surface area contributed by atoms with Crippen molar-refractivity contribution in [2.45, 2.75) is 30.2 Å². The third-order valence-electron chi connectivity index (χ3n) is 6.99. The number of aryl methyl sites for hydroxylation is 1. The van der Waals surface area contributed by atoms with Crippen molar-refractivity contribution in [1.29, 1.82) is 0 Å². The number of hydrogen-bond donors (Lipinski definition) is 1. The molecule has 1 N–H and O–H groups in total. The Labute approximate surface area is 206 Å². The highest BCUT2D eigenvalue weighted by Gasteiger charge is 2.35. The SMILES string of the molecule is Cn1cnc(S(=O)(=O)NCCOc2cc3c(cc2F)CC(CN2CCC2)C3Cc2ccccc2)c1. The smallest absolute Gasteiger partial charge is 0.259 e. The number of nitrogens with zero attached hydrogens (tertiary/aromatic N) is 3. The predicted molar refractivity (Wildman–Crippen MR) is 131 cm³/mol. The van der Waals surface area contributed by atoms with Gasteiger partial charge in [0.1, 0.15) is 6.61 Å². The zero-order valence-electron chi connectivity index (χ0n) is 19.9. The van der Waals surface area contributed by atoms with Gasteiger partial charge in [-0.2, -0.15) is 0 Å². The Balaban J connectivity index is 1.28. The number of nitrogens with one attached hydrogen (secondary N) is 1. The molecule has 1 aromatic heterocycles. The van der Waals surface area contributed by atoms with E-state index in [9.17, 15) is 12.8 Å². The third kappa shape index (κ3) is 5.42. The van der Waals surface area contributed by atoms with E-state index in [0.717, 1.165) is 43.6 Å². The van der Waals surface area contributed by atoms with Crippen LogP contribution in [0.2, 0.25) is 0 Å². The molecule has 0 radical (unpaired) electrons. The van der Waals surface area contributed by atoms with Gasteiger partial charge in [0, 0.05) is 26.3 Å². The first kappa shape index (κ1) is 24.0. The molecule has 186 valence electrons. The summed E-state index contributed by atoms with van der Waals surface area (Å²) in [4.78, 5) is 6.35. The lowest BCUT2D eigenvalue weighted by Crippen LogP contribution is -2.41. The zero-order valence-corrected chi connectivity index (χ0v) is 20.7. The first-order valence-corrected chi connectivity index (χ1v) is 13.6. The first-order valence-electron chi connectivity index (χ1n) is 12.1. The molecule has 2 heterocycles. The van der Waals surface area contributed by atoms with Crippen LogP contribution in [0.1, 0.15) is 29.0 Å². The summed E-state index contributed by atoms with van der Waals surface area (Å²) in [5.74, 6) is 0.492. The summed E-state index contributed by atoms with van der Waals surface area (Å²) in [5, 5.41) is -0.0549. The number of sulfonamides is 1. The van der Waals surface area contributed by atoms with Gasteiger partial charge >= 0.3 is 0 Å². The molecule has 2 aliphatic rings. The summed E-state index contributed by atoms with van der Waals surface area (Å²) in [6.45, 7) is 3.34. The maximum atomic E-state index is 14.9. The van der Waals surface area contributed by atoms with Gasteiger partial charge in [0.2, 0.25) is 0 Å². The quantitative estimate of drug-likeness (QED) is 0.435. The minimum atomic E-state index is -3.73. The van der Waals surface area contributed by atoms with Crippen LogP contribution < -0.4 is 9.46 Å². The topological polar surface area (TPSA) is 76.5 Å². The normalized spacial score (nSPS) is 19.9. The standard InChI is InChI=1S/C26H31FN4O3S/c1-30-17-26(28-18-30)35(32,33)29-8-11-34-25-15-23-20(14-24(25)27)13-21(16-31-9-5-10-31)22(23)12-19-6-3-2-4-7-19/h2-4,6-7,14-15,17-18,21-22,29H,5,8-13,16H2,1H3. The molecule has 0 amide bonds. The number of hydrogen-bond acceptors (Lipinski definition) is 5. The minimum absolute atomic E-state index is 0.0143. The van der Waals surface area contributed by atoms with Gasteiger partial charge in [0.05, 0.1) is 6.33 Å². The lowest BCUT2D eigenvalue weighted by atomic mass is 9.86. The summed E-state index contributed by atoms with van der Waals surface area (Å²) < 4.78 is 49.3. The van der Waals surface area contributed by atoms with Crippen molar-refractivity contribution in [3.63, 3.8) is 0 Å². The maximum Gasteiger partial charge on any atom is 0.259 e. The van der Waals surface area contributed by atoms with Crippen molar-refractivity contribution in [3.8, 4) is 5.75 Å². The molecule has 2 atom stereocenters. The van der Waals surface area contributed by atoms with Crippen molar-refractivity contribution in [2.24, 2.45) is 13.0 Å². The highest BCUT2D eigenvalue weighted by Crippen LogP contribution is 2.43. The van der Waals surface area contributed by atoms with Crippen molar-refractivity contribution in [2.75, 3.05) is 32.8 Å². The number of imidazole rings is 1. The Morgan fingerprint density at radius 1 is 1.20 bits per heavy atom. The Hall–Kier alpha value is -2.75. The molecule has 2 aromatic carbocycles. The Morgan fingerprint density at radius 3 is 2.69 bits per heavy atom. The van der Waals surface area contributed by atoms with E-state index in [2.05, 4.69) is 38.9 Å². The van der Waals surface area contributed by atoms with E-state index in [-0.39, 0.29) is 23.9 Å². The molecule has 3 aromatic rings. The lowest BCUT2D eigenvalue weighted by Gasteiger charge is -2.35. The number of ether oxygens (including phenoxy) is 1. The summed E-state index contributed by atoms with van der Waals surface area (Å²) in [5.41, 5.74) is 3.47. The zero-order chi connectivity index (χ0) is 24.4. The Bertz CT molecular complexity index is 1280. The largest absolute Gasteiger partial charge is 0.489 e. The molecule has 1 saturated heterocycles. The Morgan fingerprint density at radius 2 is 2.00 bits per heavy atom. The number of benzene rings is 2. The van der Waals surface area contributed by atoms with Crippen LogP contribution in [0.4, 0.5) is 4.39 Å². The fourth-order valence-electron chi connectivity index (χ4n) is 5.09. The molecule has 0 saturated carbocycles. The summed E-state index contributed by atoms with van der Waals surface area (Å²) in [6, 6.07) is 13.9. The number of rotatable bonds is 10. The second-order valence-corrected chi connectivity index (χ2v) is 11.2. The first-order chi connectivity index (χ1) is 16.9. The van der Waals surface area contributed by atoms with Crippen molar-refractivity contribution >= 4 is 10.0 Å². The molecule has 1 fully saturated rings. The van der Waals surface area contributed by atoms with Crippen molar-refractivity contribution < 1.29 is 17.5 Å². The van der Waals surface area contributed by atoms with Gasteiger partial charge in [-0.15, -0.1) is 0 Å². The van der Waals surface area contributed by atoms with Crippen LogP contribution in [0, 0.1) is 11.7 Å². The molecule has 1 aliphatic heterocycles. The molecule has 5 rings (SSSR count). The minimum Gasteiger partial charge on any atom is -0.489 e. The van der Waals surface area contributed by atoms with E-state index in [1.807, 2.05) is 12.1 Å². The van der Waals surface area contributed by atoms with Gasteiger partial charge in [-0.05, 0) is 73.0 Å². The van der Waals surface area contributed by atoms with Crippen LogP contribution in [0.25, 0.3) is 0 Å². The predicted octanol–water partition coefficient (Wildman–Crippen LogP) is 3.12. The highest BCUT2D eigenvalue weighted by molar-refractivity contribution is 7.89. The second kappa shape index (κ2) is 10.1. The highest BCUT2D eigenvalue weighted by atomic mass is 32.2. The summed E-state index contributed by atoms with van der Waals surface area (Å²) >= 11 is 0. The average molecular weight is 499 g/mol. The van der Waals surface area contributed by atoms with Crippen LogP contribution in [0.3, 0.4) is 0 Å². The second-order valence-electron chi connectivity index (χ2n) is 9.52. The monoisotopic (exact) mass is 498 g/mol. The number of aromatic nitrogens is 2. The molecule has 9 heteroatoms. The van der Waals surface area contributed by atoms with E-state index >= 15 is 0 Å². The van der Waals surface area contributed by atoms with Gasteiger partial charge in [0.25, 0.3) is 10.0 Å². The lowest BCUT2D eigenvalue weighted by molar-refractivity contribution is 0.145. The number of halogens is 1. The molecular formula is C26H31FN4O3S. The Kier molecular flexibility index (Phi) is 6.91. The van der Waals surface area contributed by atoms with Crippen LogP contribution in [-0.2, 0) is 29.9 Å². The maximum absolute atomic E-state index is 14.9. The molecule has 0 bridgehead atoms. The summed E-state index contributed by atoms with van der Waals surface area (Å²) in [7, 11) is -2.03. The van der Waals surface area contributed by atoms with Gasteiger partial charge < -0.3 is 14.2 Å². The van der Waals surface area contributed by atoms with Crippen molar-refractivity contribution in [1.82, 2.24) is 19.2 Å². The number of fused-ring (bicyclic) bond motifs is 1. The number of likely N-dealkylation sites (tertiary alicyclic amines) is 1. The van der Waals surface area contributed by atoms with E-state index in [0.29, 0.717) is 11.8 Å².